The average Bonchev–Trinajstić information content (AvgIpc) is 2.96. The number of aromatic nitrogens is 1. The third kappa shape index (κ3) is 6.60. The molecule has 4 rings (SSSR count). The van der Waals surface area contributed by atoms with Crippen LogP contribution in [0.5, 0.6) is 11.5 Å². The molecule has 7 heteroatoms. The number of carbonyl (C=O) groups is 1. The van der Waals surface area contributed by atoms with Crippen molar-refractivity contribution in [2.75, 3.05) is 25.3 Å². The van der Waals surface area contributed by atoms with Crippen LogP contribution in [0, 0.1) is 11.3 Å². The van der Waals surface area contributed by atoms with Crippen LogP contribution in [0.2, 0.25) is 0 Å². The second-order valence-electron chi connectivity index (χ2n) is 9.18. The van der Waals surface area contributed by atoms with Gasteiger partial charge in [0, 0.05) is 34.6 Å². The van der Waals surface area contributed by atoms with Crippen molar-refractivity contribution in [2.24, 2.45) is 0 Å². The predicted molar refractivity (Wildman–Crippen MR) is 157 cm³/mol. The minimum atomic E-state index is -0.0905. The van der Waals surface area contributed by atoms with Gasteiger partial charge in [-0.2, -0.15) is 5.26 Å². The summed E-state index contributed by atoms with van der Waals surface area (Å²) in [6.45, 7) is 4.27. The largest absolute Gasteiger partial charge is 0.493 e. The van der Waals surface area contributed by atoms with Crippen molar-refractivity contribution in [3.8, 4) is 40.0 Å². The molecular weight excluding hydrogens is 506 g/mol. The molecule has 1 amide bonds. The number of amides is 1. The number of para-hydroxylation sites is 1. The fourth-order valence-electron chi connectivity index (χ4n) is 4.22. The topological polar surface area (TPSA) is 84.2 Å². The summed E-state index contributed by atoms with van der Waals surface area (Å²) in [5, 5.41) is 13.7. The third-order valence-corrected chi connectivity index (χ3v) is 7.27. The first-order chi connectivity index (χ1) is 18.9. The van der Waals surface area contributed by atoms with Crippen LogP contribution in [0.4, 0.5) is 5.69 Å². The smallest absolute Gasteiger partial charge is 0.225 e. The summed E-state index contributed by atoms with van der Waals surface area (Å²) in [7, 11) is 3.16. The number of methoxy groups -OCH3 is 2. The molecule has 198 valence electrons. The Morgan fingerprint density at radius 3 is 2.36 bits per heavy atom. The Hall–Kier alpha value is -4.28. The Morgan fingerprint density at radius 1 is 0.974 bits per heavy atom. The molecule has 3 aromatic carbocycles. The molecule has 0 unspecified atom stereocenters. The molecule has 0 radical (unpaired) electrons. The first-order valence-corrected chi connectivity index (χ1v) is 13.7. The van der Waals surface area contributed by atoms with Crippen LogP contribution >= 0.6 is 11.8 Å². The van der Waals surface area contributed by atoms with E-state index in [0.717, 1.165) is 22.5 Å². The normalized spacial score (nSPS) is 10.7. The van der Waals surface area contributed by atoms with Crippen molar-refractivity contribution in [3.63, 3.8) is 0 Å². The number of nitriles is 1. The predicted octanol–water partition coefficient (Wildman–Crippen LogP) is 7.55. The van der Waals surface area contributed by atoms with E-state index in [1.54, 1.807) is 14.2 Å². The number of benzene rings is 3. The van der Waals surface area contributed by atoms with Crippen LogP contribution in [0.15, 0.2) is 83.9 Å². The zero-order valence-electron chi connectivity index (χ0n) is 22.5. The highest BCUT2D eigenvalue weighted by molar-refractivity contribution is 7.99. The second kappa shape index (κ2) is 13.0. The highest BCUT2D eigenvalue weighted by Crippen LogP contribution is 2.42. The van der Waals surface area contributed by atoms with Gasteiger partial charge in [-0.3, -0.25) is 4.79 Å². The number of rotatable bonds is 10. The van der Waals surface area contributed by atoms with Crippen LogP contribution < -0.4 is 14.8 Å². The monoisotopic (exact) mass is 537 g/mol. The Kier molecular flexibility index (Phi) is 9.24. The van der Waals surface area contributed by atoms with Crippen LogP contribution in [0.25, 0.3) is 22.4 Å². The molecule has 0 saturated carbocycles. The van der Waals surface area contributed by atoms with Gasteiger partial charge >= 0.3 is 0 Å². The van der Waals surface area contributed by atoms with Crippen molar-refractivity contribution in [3.05, 3.63) is 90.0 Å². The van der Waals surface area contributed by atoms with Crippen LogP contribution in [0.3, 0.4) is 0 Å². The fraction of sp³-hybridized carbons (Fsp3) is 0.219. The van der Waals surface area contributed by atoms with E-state index in [0.29, 0.717) is 39.3 Å². The van der Waals surface area contributed by atoms with E-state index >= 15 is 0 Å². The number of pyridine rings is 1. The van der Waals surface area contributed by atoms with Crippen molar-refractivity contribution in [2.45, 2.75) is 31.2 Å². The summed E-state index contributed by atoms with van der Waals surface area (Å²) in [6, 6.07) is 27.5. The summed E-state index contributed by atoms with van der Waals surface area (Å²) in [5.41, 5.74) is 5.50. The van der Waals surface area contributed by atoms with Crippen molar-refractivity contribution >= 4 is 23.4 Å². The lowest BCUT2D eigenvalue weighted by molar-refractivity contribution is -0.115. The van der Waals surface area contributed by atoms with Crippen LogP contribution in [-0.4, -0.2) is 30.9 Å². The van der Waals surface area contributed by atoms with Crippen molar-refractivity contribution < 1.29 is 14.3 Å². The van der Waals surface area contributed by atoms with Gasteiger partial charge in [-0.25, -0.2) is 4.98 Å². The highest BCUT2D eigenvalue weighted by atomic mass is 32.2. The average molecular weight is 538 g/mol. The van der Waals surface area contributed by atoms with Crippen LogP contribution in [0.1, 0.15) is 37.3 Å². The summed E-state index contributed by atoms with van der Waals surface area (Å²) < 4.78 is 11.2. The number of nitrogens with one attached hydrogen (secondary N) is 1. The molecule has 0 saturated heterocycles. The van der Waals surface area contributed by atoms with E-state index in [2.05, 4.69) is 25.2 Å². The summed E-state index contributed by atoms with van der Waals surface area (Å²) >= 11 is 1.39. The van der Waals surface area contributed by atoms with E-state index in [-0.39, 0.29) is 12.3 Å². The molecular formula is C32H31N3O3S. The molecule has 0 atom stereocenters. The molecule has 1 heterocycles. The third-order valence-electron chi connectivity index (χ3n) is 6.29. The Morgan fingerprint density at radius 2 is 1.72 bits per heavy atom. The van der Waals surface area contributed by atoms with E-state index in [1.807, 2.05) is 78.9 Å². The standard InChI is InChI=1S/C32H31N3O3S/c1-21(2)22-13-15-24(16-14-22)34-30(36)17-18-39-32-27(20-33)26(19-28(35-32)23-9-6-5-7-10-23)25-11-8-12-29(37-3)31(25)38-4/h5-16,19,21H,17-18H2,1-4H3,(H,34,36). The highest BCUT2D eigenvalue weighted by Gasteiger charge is 2.20. The molecule has 39 heavy (non-hydrogen) atoms. The Labute approximate surface area is 234 Å². The molecule has 0 bridgehead atoms. The minimum absolute atomic E-state index is 0.0905. The van der Waals surface area contributed by atoms with Crippen molar-refractivity contribution in [1.82, 2.24) is 4.98 Å². The van der Waals surface area contributed by atoms with E-state index < -0.39 is 0 Å². The zero-order valence-corrected chi connectivity index (χ0v) is 23.3. The fourth-order valence-corrected chi connectivity index (χ4v) is 5.16. The number of carbonyl (C=O) groups excluding carboxylic acids is 1. The first-order valence-electron chi connectivity index (χ1n) is 12.7. The lowest BCUT2D eigenvalue weighted by Gasteiger charge is -2.16. The van der Waals surface area contributed by atoms with Gasteiger partial charge in [-0.15, -0.1) is 11.8 Å². The second-order valence-corrected chi connectivity index (χ2v) is 10.3. The number of ether oxygens (including phenoxy) is 2. The molecule has 0 aliphatic rings. The summed E-state index contributed by atoms with van der Waals surface area (Å²) in [6.07, 6.45) is 0.274. The summed E-state index contributed by atoms with van der Waals surface area (Å²) in [4.78, 5) is 17.5. The Balaban J connectivity index is 1.63. The molecule has 0 spiro atoms. The number of hydrogen-bond acceptors (Lipinski definition) is 6. The van der Waals surface area contributed by atoms with Gasteiger partial charge in [0.15, 0.2) is 11.5 Å². The summed E-state index contributed by atoms with van der Waals surface area (Å²) in [5.74, 6) is 1.92. The zero-order chi connectivity index (χ0) is 27.8. The van der Waals surface area contributed by atoms with Gasteiger partial charge in [0.25, 0.3) is 0 Å². The van der Waals surface area contributed by atoms with Gasteiger partial charge in [0.1, 0.15) is 11.1 Å². The lowest BCUT2D eigenvalue weighted by Crippen LogP contribution is -2.12. The lowest BCUT2D eigenvalue weighted by atomic mass is 9.98. The molecule has 0 aliphatic heterocycles. The number of hydrogen-bond donors (Lipinski definition) is 1. The van der Waals surface area contributed by atoms with Gasteiger partial charge in [0.05, 0.1) is 25.5 Å². The SMILES string of the molecule is COc1cccc(-c2cc(-c3ccccc3)nc(SCCC(=O)Nc3ccc(C(C)C)cc3)c2C#N)c1OC. The maximum absolute atomic E-state index is 12.7. The molecule has 0 fully saturated rings. The minimum Gasteiger partial charge on any atom is -0.493 e. The Bertz CT molecular complexity index is 1480. The van der Waals surface area contributed by atoms with Gasteiger partial charge in [-0.05, 0) is 35.7 Å². The van der Waals surface area contributed by atoms with Gasteiger partial charge < -0.3 is 14.8 Å². The van der Waals surface area contributed by atoms with E-state index in [4.69, 9.17) is 14.5 Å². The van der Waals surface area contributed by atoms with Gasteiger partial charge in [0.2, 0.25) is 5.91 Å². The maximum atomic E-state index is 12.7. The molecule has 6 nitrogen and oxygen atoms in total. The first kappa shape index (κ1) is 27.7. The molecule has 1 aromatic heterocycles. The van der Waals surface area contributed by atoms with Gasteiger partial charge in [-0.1, -0.05) is 68.4 Å². The van der Waals surface area contributed by atoms with Crippen molar-refractivity contribution in [1.29, 1.82) is 5.26 Å². The van der Waals surface area contributed by atoms with Crippen LogP contribution in [-0.2, 0) is 4.79 Å². The quantitative estimate of drug-likeness (QED) is 0.210. The molecule has 4 aromatic rings. The van der Waals surface area contributed by atoms with E-state index in [9.17, 15) is 10.1 Å². The number of nitrogens with zero attached hydrogens (tertiary/aromatic N) is 2. The maximum Gasteiger partial charge on any atom is 0.225 e. The number of anilines is 1. The van der Waals surface area contributed by atoms with E-state index in [1.165, 1.54) is 17.3 Å². The molecule has 0 aliphatic carbocycles. The number of thioether (sulfide) groups is 1. The molecule has 1 N–H and O–H groups in total.